The van der Waals surface area contributed by atoms with E-state index < -0.39 is 14.9 Å². The average Bonchev–Trinajstić information content (AvgIpc) is 2.68. The van der Waals surface area contributed by atoms with Crippen LogP contribution in [0.5, 0.6) is 0 Å². The van der Waals surface area contributed by atoms with Crippen molar-refractivity contribution in [3.05, 3.63) is 52.2 Å². The van der Waals surface area contributed by atoms with Gasteiger partial charge in [-0.1, -0.05) is 6.07 Å². The Kier molecular flexibility index (Phi) is 5.80. The van der Waals surface area contributed by atoms with Crippen LogP contribution in [0, 0.1) is 23.0 Å². The van der Waals surface area contributed by atoms with E-state index in [4.69, 9.17) is 5.14 Å². The molecule has 1 amide bonds. The molecule has 1 atom stereocenters. The lowest BCUT2D eigenvalue weighted by molar-refractivity contribution is -0.384. The van der Waals surface area contributed by atoms with Crippen LogP contribution in [0.25, 0.3) is 0 Å². The second-order valence-electron chi connectivity index (χ2n) is 6.90. The predicted molar refractivity (Wildman–Crippen MR) is 107 cm³/mol. The number of pyridine rings is 1. The molecule has 0 spiro atoms. The normalized spacial score (nSPS) is 17.0. The van der Waals surface area contributed by atoms with Crippen LogP contribution in [-0.2, 0) is 14.8 Å². The predicted octanol–water partition coefficient (Wildman–Crippen LogP) is 1.80. The quantitative estimate of drug-likeness (QED) is 0.554. The summed E-state index contributed by atoms with van der Waals surface area (Å²) in [4.78, 5) is 29.1. The zero-order chi connectivity index (χ0) is 21.2. The number of hydrogen-bond acceptors (Lipinski definition) is 7. The number of carbonyl (C=O) groups is 1. The first kappa shape index (κ1) is 20.7. The maximum atomic E-state index is 12.7. The number of carbonyl (C=O) groups excluding carboxylic acids is 1. The van der Waals surface area contributed by atoms with Gasteiger partial charge in [-0.25, -0.2) is 18.5 Å². The van der Waals surface area contributed by atoms with E-state index in [1.807, 2.05) is 13.0 Å². The third-order valence-electron chi connectivity index (χ3n) is 4.86. The molecule has 1 fully saturated rings. The molecular weight excluding hydrogens is 398 g/mol. The number of hydrogen-bond donors (Lipinski definition) is 2. The smallest absolute Gasteiger partial charge is 0.293 e. The van der Waals surface area contributed by atoms with Gasteiger partial charge in [-0.05, 0) is 43.5 Å². The Labute approximate surface area is 167 Å². The minimum Gasteiger partial charge on any atom is -0.365 e. The maximum Gasteiger partial charge on any atom is 0.293 e. The van der Waals surface area contributed by atoms with Crippen LogP contribution in [0.4, 0.5) is 17.2 Å². The molecule has 1 saturated heterocycles. The van der Waals surface area contributed by atoms with Crippen molar-refractivity contribution >= 4 is 33.1 Å². The lowest BCUT2D eigenvalue weighted by atomic mass is 9.96. The summed E-state index contributed by atoms with van der Waals surface area (Å²) in [5.41, 5.74) is 0.731. The molecule has 11 heteroatoms. The van der Waals surface area contributed by atoms with E-state index in [2.05, 4.69) is 10.3 Å². The molecule has 3 N–H and O–H groups in total. The van der Waals surface area contributed by atoms with Crippen LogP contribution >= 0.6 is 0 Å². The van der Waals surface area contributed by atoms with Crippen molar-refractivity contribution in [1.29, 1.82) is 0 Å². The molecule has 1 aromatic carbocycles. The lowest BCUT2D eigenvalue weighted by Crippen LogP contribution is -2.41. The molecule has 1 aromatic heterocycles. The van der Waals surface area contributed by atoms with E-state index in [0.29, 0.717) is 25.2 Å². The van der Waals surface area contributed by atoms with Crippen LogP contribution < -0.4 is 15.4 Å². The summed E-state index contributed by atoms with van der Waals surface area (Å²) in [5.74, 6) is -0.110. The Hall–Kier alpha value is -3.05. The summed E-state index contributed by atoms with van der Waals surface area (Å²) in [7, 11) is -4.06. The monoisotopic (exact) mass is 419 g/mol. The highest BCUT2D eigenvalue weighted by molar-refractivity contribution is 7.89. The second-order valence-corrected chi connectivity index (χ2v) is 8.46. The number of anilines is 2. The summed E-state index contributed by atoms with van der Waals surface area (Å²) >= 11 is 0. The molecule has 0 bridgehead atoms. The molecule has 0 aliphatic carbocycles. The van der Waals surface area contributed by atoms with Gasteiger partial charge in [0, 0.05) is 25.4 Å². The standard InChI is InChI=1S/C18H21N5O5S/c1-12-4-2-8-20-17(12)21-18(24)13-5-3-9-22(11-13)15-7-6-14(29(19,27)28)10-16(15)23(25)26/h2,4,6-8,10,13H,3,5,9,11H2,1H3,(H2,19,27,28)(H,20,21,24). The fourth-order valence-electron chi connectivity index (χ4n) is 3.34. The molecular formula is C18H21N5O5S. The van der Waals surface area contributed by atoms with Crippen molar-refractivity contribution in [2.24, 2.45) is 11.1 Å². The molecule has 3 rings (SSSR count). The number of benzene rings is 1. The molecule has 1 aliphatic heterocycles. The van der Waals surface area contributed by atoms with Gasteiger partial charge in [-0.3, -0.25) is 14.9 Å². The molecule has 10 nitrogen and oxygen atoms in total. The van der Waals surface area contributed by atoms with Crippen molar-refractivity contribution in [3.8, 4) is 0 Å². The van der Waals surface area contributed by atoms with Crippen LogP contribution in [0.15, 0.2) is 41.4 Å². The summed E-state index contributed by atoms with van der Waals surface area (Å²) in [5, 5.41) is 19.4. The van der Waals surface area contributed by atoms with Crippen molar-refractivity contribution < 1.29 is 18.1 Å². The third-order valence-corrected chi connectivity index (χ3v) is 5.77. The first-order valence-electron chi connectivity index (χ1n) is 8.95. The van der Waals surface area contributed by atoms with Gasteiger partial charge in [0.1, 0.15) is 11.5 Å². The summed E-state index contributed by atoms with van der Waals surface area (Å²) in [6, 6.07) is 7.16. The van der Waals surface area contributed by atoms with Crippen molar-refractivity contribution in [1.82, 2.24) is 4.98 Å². The van der Waals surface area contributed by atoms with E-state index in [0.717, 1.165) is 11.6 Å². The first-order chi connectivity index (χ1) is 13.7. The van der Waals surface area contributed by atoms with E-state index in [1.54, 1.807) is 17.2 Å². The Morgan fingerprint density at radius 2 is 2.14 bits per heavy atom. The fraction of sp³-hybridized carbons (Fsp3) is 0.333. The van der Waals surface area contributed by atoms with E-state index >= 15 is 0 Å². The topological polar surface area (TPSA) is 149 Å². The minimum absolute atomic E-state index is 0.208. The SMILES string of the molecule is Cc1cccnc1NC(=O)C1CCCN(c2ccc(S(N)(=O)=O)cc2[N+](=O)[O-])C1. The van der Waals surface area contributed by atoms with Crippen molar-refractivity contribution in [2.75, 3.05) is 23.3 Å². The van der Waals surface area contributed by atoms with Gasteiger partial charge < -0.3 is 10.2 Å². The number of primary sulfonamides is 1. The summed E-state index contributed by atoms with van der Waals surface area (Å²) in [6.07, 6.45) is 2.89. The highest BCUT2D eigenvalue weighted by atomic mass is 32.2. The Morgan fingerprint density at radius 1 is 1.38 bits per heavy atom. The van der Waals surface area contributed by atoms with Crippen LogP contribution in [0.2, 0.25) is 0 Å². The molecule has 1 aliphatic rings. The van der Waals surface area contributed by atoms with E-state index in [1.165, 1.54) is 12.1 Å². The number of nitro groups is 1. The first-order valence-corrected chi connectivity index (χ1v) is 10.5. The Bertz CT molecular complexity index is 1060. The number of nitrogens with one attached hydrogen (secondary N) is 1. The number of nitro benzene ring substituents is 1. The molecule has 29 heavy (non-hydrogen) atoms. The second kappa shape index (κ2) is 8.13. The van der Waals surface area contributed by atoms with Crippen molar-refractivity contribution in [3.63, 3.8) is 0 Å². The number of amides is 1. The van der Waals surface area contributed by atoms with Gasteiger partial charge in [0.05, 0.1) is 15.7 Å². The average molecular weight is 419 g/mol. The third kappa shape index (κ3) is 4.69. The molecule has 2 aromatic rings. The van der Waals surface area contributed by atoms with E-state index in [-0.39, 0.29) is 34.6 Å². The zero-order valence-corrected chi connectivity index (χ0v) is 16.6. The molecule has 154 valence electrons. The minimum atomic E-state index is -4.06. The van der Waals surface area contributed by atoms with Gasteiger partial charge in [0.2, 0.25) is 15.9 Å². The van der Waals surface area contributed by atoms with Crippen LogP contribution in [-0.4, -0.2) is 37.3 Å². The lowest BCUT2D eigenvalue weighted by Gasteiger charge is -2.33. The maximum absolute atomic E-state index is 12.7. The number of aryl methyl sites for hydroxylation is 1. The van der Waals surface area contributed by atoms with Gasteiger partial charge in [0.25, 0.3) is 5.69 Å². The number of piperidine rings is 1. The van der Waals surface area contributed by atoms with Gasteiger partial charge >= 0.3 is 0 Å². The molecule has 1 unspecified atom stereocenters. The van der Waals surface area contributed by atoms with E-state index in [9.17, 15) is 23.3 Å². The van der Waals surface area contributed by atoms with Crippen LogP contribution in [0.1, 0.15) is 18.4 Å². The molecule has 0 saturated carbocycles. The number of sulfonamides is 1. The van der Waals surface area contributed by atoms with Gasteiger partial charge in [0.15, 0.2) is 0 Å². The number of nitrogens with two attached hydrogens (primary N) is 1. The summed E-state index contributed by atoms with van der Waals surface area (Å²) in [6.45, 7) is 2.63. The van der Waals surface area contributed by atoms with Crippen LogP contribution in [0.3, 0.4) is 0 Å². The van der Waals surface area contributed by atoms with Gasteiger partial charge in [-0.15, -0.1) is 0 Å². The molecule has 0 radical (unpaired) electrons. The largest absolute Gasteiger partial charge is 0.365 e. The number of rotatable bonds is 5. The zero-order valence-electron chi connectivity index (χ0n) is 15.7. The fourth-order valence-corrected chi connectivity index (χ4v) is 3.87. The van der Waals surface area contributed by atoms with Gasteiger partial charge in [-0.2, -0.15) is 0 Å². The number of aromatic nitrogens is 1. The molecule has 2 heterocycles. The summed E-state index contributed by atoms with van der Waals surface area (Å²) < 4.78 is 23.0. The Balaban J connectivity index is 1.82. The number of nitrogens with zero attached hydrogens (tertiary/aromatic N) is 3. The Morgan fingerprint density at radius 3 is 2.79 bits per heavy atom. The highest BCUT2D eigenvalue weighted by Gasteiger charge is 2.30. The highest BCUT2D eigenvalue weighted by Crippen LogP contribution is 2.33. The van der Waals surface area contributed by atoms with Crippen molar-refractivity contribution in [2.45, 2.75) is 24.7 Å².